The van der Waals surface area contributed by atoms with Crippen molar-refractivity contribution in [1.29, 1.82) is 5.41 Å². The van der Waals surface area contributed by atoms with Crippen LogP contribution in [-0.2, 0) is 0 Å². The number of allylic oxidation sites excluding steroid dienone is 3. The molecule has 7 N–H and O–H groups in total. The van der Waals surface area contributed by atoms with Crippen molar-refractivity contribution in [2.45, 2.75) is 83.3 Å². The summed E-state index contributed by atoms with van der Waals surface area (Å²) in [6, 6.07) is 0. The number of hydrazine groups is 1. The molecule has 0 spiro atoms. The fraction of sp³-hybridized carbons (Fsp3) is 0.800. The molecule has 0 bridgehead atoms. The van der Waals surface area contributed by atoms with E-state index >= 15 is 0 Å². The van der Waals surface area contributed by atoms with E-state index in [4.69, 9.17) is 11.1 Å². The molecule has 0 saturated heterocycles. The lowest BCUT2D eigenvalue weighted by molar-refractivity contribution is -0.207. The Morgan fingerprint density at radius 3 is 2.65 bits per heavy atom. The van der Waals surface area contributed by atoms with E-state index in [1.54, 1.807) is 0 Å². The SMILES string of the molecule is C[C@]12CC[C@H](O)C[C@H]1CC[C@@H]1[C@@H]2CC[C@]2(C)[C@@H](/C=C/C=C/CNNC(=N)N)CC[C@]12O. The van der Waals surface area contributed by atoms with Crippen molar-refractivity contribution in [3.8, 4) is 0 Å². The third-order valence-corrected chi connectivity index (χ3v) is 9.93. The molecule has 0 amide bonds. The maximum Gasteiger partial charge on any atom is 0.200 e. The fourth-order valence-corrected chi connectivity index (χ4v) is 8.10. The van der Waals surface area contributed by atoms with Crippen LogP contribution in [-0.4, -0.2) is 34.4 Å². The Labute approximate surface area is 187 Å². The van der Waals surface area contributed by atoms with Crippen molar-refractivity contribution >= 4 is 5.96 Å². The molecule has 6 nitrogen and oxygen atoms in total. The van der Waals surface area contributed by atoms with E-state index < -0.39 is 5.60 Å². The van der Waals surface area contributed by atoms with Gasteiger partial charge in [-0.25, -0.2) is 5.43 Å². The number of fused-ring (bicyclic) bond motifs is 5. The van der Waals surface area contributed by atoms with E-state index in [9.17, 15) is 10.2 Å². The molecule has 4 aliphatic carbocycles. The lowest BCUT2D eigenvalue weighted by Crippen LogP contribution is -2.62. The Kier molecular flexibility index (Phi) is 6.27. The van der Waals surface area contributed by atoms with Crippen molar-refractivity contribution in [2.75, 3.05) is 6.54 Å². The number of guanidine groups is 1. The second-order valence-electron chi connectivity index (χ2n) is 11.2. The minimum atomic E-state index is -0.564. The molecule has 6 heteroatoms. The average Bonchev–Trinajstić information content (AvgIpc) is 2.99. The largest absolute Gasteiger partial charge is 0.393 e. The average molecular weight is 431 g/mol. The first-order valence-electron chi connectivity index (χ1n) is 12.3. The molecule has 0 unspecified atom stereocenters. The number of hydrogen-bond donors (Lipinski definition) is 6. The van der Waals surface area contributed by atoms with Gasteiger partial charge in [-0.2, -0.15) is 0 Å². The molecule has 8 atom stereocenters. The molecule has 4 saturated carbocycles. The van der Waals surface area contributed by atoms with Gasteiger partial charge in [0.1, 0.15) is 0 Å². The van der Waals surface area contributed by atoms with Gasteiger partial charge in [0.2, 0.25) is 0 Å². The van der Waals surface area contributed by atoms with Gasteiger partial charge < -0.3 is 15.9 Å². The highest BCUT2D eigenvalue weighted by atomic mass is 16.3. The Bertz CT molecular complexity index is 739. The van der Waals surface area contributed by atoms with Crippen LogP contribution in [0.3, 0.4) is 0 Å². The van der Waals surface area contributed by atoms with Crippen LogP contribution in [0.2, 0.25) is 0 Å². The third kappa shape index (κ3) is 3.85. The Hall–Kier alpha value is -1.37. The highest BCUT2D eigenvalue weighted by Crippen LogP contribution is 2.69. The predicted octanol–water partition coefficient (Wildman–Crippen LogP) is 3.22. The predicted molar refractivity (Wildman–Crippen MR) is 124 cm³/mol. The number of aliphatic hydroxyl groups is 2. The second-order valence-corrected chi connectivity index (χ2v) is 11.2. The zero-order valence-electron chi connectivity index (χ0n) is 19.2. The van der Waals surface area contributed by atoms with Crippen molar-refractivity contribution < 1.29 is 10.2 Å². The van der Waals surface area contributed by atoms with Crippen LogP contribution >= 0.6 is 0 Å². The molecular weight excluding hydrogens is 388 g/mol. The quantitative estimate of drug-likeness (QED) is 0.132. The van der Waals surface area contributed by atoms with Gasteiger partial charge in [0.05, 0.1) is 11.7 Å². The number of hydrogen-bond acceptors (Lipinski definition) is 4. The lowest BCUT2D eigenvalue weighted by Gasteiger charge is -2.63. The molecule has 4 rings (SSSR count). The monoisotopic (exact) mass is 430 g/mol. The van der Waals surface area contributed by atoms with Crippen molar-refractivity contribution in [3.63, 3.8) is 0 Å². The Morgan fingerprint density at radius 2 is 1.87 bits per heavy atom. The summed E-state index contributed by atoms with van der Waals surface area (Å²) in [4.78, 5) is 0. The van der Waals surface area contributed by atoms with Gasteiger partial charge in [-0.3, -0.25) is 10.8 Å². The normalized spacial score (nSPS) is 47.2. The van der Waals surface area contributed by atoms with Gasteiger partial charge in [0.15, 0.2) is 5.96 Å². The topological polar surface area (TPSA) is 114 Å². The molecule has 174 valence electrons. The summed E-state index contributed by atoms with van der Waals surface area (Å²) < 4.78 is 0. The van der Waals surface area contributed by atoms with Crippen LogP contribution in [0.4, 0.5) is 0 Å². The first kappa shape index (κ1) is 22.8. The van der Waals surface area contributed by atoms with Gasteiger partial charge in [0.25, 0.3) is 0 Å². The standard InChI is InChI=1S/C25H42N4O2/c1-23-12-10-19(30)16-18(23)7-8-21-20(23)11-13-24(2)17(9-14-25(21,24)31)6-4-3-5-15-28-29-22(26)27/h3-6,17-21,28,30-31H,7-16H2,1-2H3,(H4,26,27,29)/b5-3+,6-4+/t17-,18+,19-,20-,21+,23-,24+,25-/m0/s1. The van der Waals surface area contributed by atoms with E-state index in [1.165, 1.54) is 6.42 Å². The highest BCUT2D eigenvalue weighted by Gasteiger charge is 2.66. The van der Waals surface area contributed by atoms with E-state index in [-0.39, 0.29) is 22.9 Å². The van der Waals surface area contributed by atoms with Crippen LogP contribution in [0.5, 0.6) is 0 Å². The van der Waals surface area contributed by atoms with Crippen LogP contribution in [0.15, 0.2) is 24.3 Å². The summed E-state index contributed by atoms with van der Waals surface area (Å²) in [5, 5.41) is 29.5. The molecule has 0 aromatic heterocycles. The van der Waals surface area contributed by atoms with Crippen molar-refractivity contribution in [2.24, 2.45) is 40.2 Å². The summed E-state index contributed by atoms with van der Waals surface area (Å²) >= 11 is 0. The van der Waals surface area contributed by atoms with Gasteiger partial charge in [-0.15, -0.1) is 0 Å². The summed E-state index contributed by atoms with van der Waals surface area (Å²) in [5.41, 5.74) is 10.3. The van der Waals surface area contributed by atoms with Crippen molar-refractivity contribution in [1.82, 2.24) is 10.9 Å². The van der Waals surface area contributed by atoms with Gasteiger partial charge in [-0.05, 0) is 86.9 Å². The number of aliphatic hydroxyl groups excluding tert-OH is 1. The minimum Gasteiger partial charge on any atom is -0.393 e. The number of nitrogens with two attached hydrogens (primary N) is 1. The smallest absolute Gasteiger partial charge is 0.200 e. The molecular formula is C25H42N4O2. The molecule has 31 heavy (non-hydrogen) atoms. The maximum absolute atomic E-state index is 12.2. The molecule has 0 heterocycles. The first-order valence-corrected chi connectivity index (χ1v) is 12.3. The zero-order valence-corrected chi connectivity index (χ0v) is 19.2. The van der Waals surface area contributed by atoms with E-state index in [0.717, 1.165) is 51.4 Å². The molecule has 4 aliphatic rings. The van der Waals surface area contributed by atoms with Crippen LogP contribution < -0.4 is 16.6 Å². The number of rotatable bonds is 5. The van der Waals surface area contributed by atoms with Crippen LogP contribution in [0.25, 0.3) is 0 Å². The van der Waals surface area contributed by atoms with E-state index in [0.29, 0.717) is 30.2 Å². The zero-order chi connectivity index (χ0) is 22.3. The van der Waals surface area contributed by atoms with E-state index in [2.05, 4.69) is 36.9 Å². The Balaban J connectivity index is 1.44. The van der Waals surface area contributed by atoms with Crippen molar-refractivity contribution in [3.05, 3.63) is 24.3 Å². The maximum atomic E-state index is 12.2. The van der Waals surface area contributed by atoms with Gasteiger partial charge in [-0.1, -0.05) is 38.2 Å². The number of nitrogens with one attached hydrogen (secondary N) is 3. The molecule has 0 aromatic carbocycles. The summed E-state index contributed by atoms with van der Waals surface area (Å²) in [7, 11) is 0. The Morgan fingerprint density at radius 1 is 1.06 bits per heavy atom. The minimum absolute atomic E-state index is 0.0513. The molecule has 0 aliphatic heterocycles. The highest BCUT2D eigenvalue weighted by molar-refractivity contribution is 5.73. The summed E-state index contributed by atoms with van der Waals surface area (Å²) in [6.45, 7) is 5.40. The van der Waals surface area contributed by atoms with Crippen LogP contribution in [0, 0.1) is 39.9 Å². The van der Waals surface area contributed by atoms with E-state index in [1.807, 2.05) is 12.2 Å². The fourth-order valence-electron chi connectivity index (χ4n) is 8.10. The van der Waals surface area contributed by atoms with Gasteiger partial charge in [0, 0.05) is 12.0 Å². The summed E-state index contributed by atoms with van der Waals surface area (Å²) in [5.74, 6) is 1.94. The van der Waals surface area contributed by atoms with Gasteiger partial charge >= 0.3 is 0 Å². The third-order valence-electron chi connectivity index (χ3n) is 9.93. The first-order chi connectivity index (χ1) is 14.7. The van der Waals surface area contributed by atoms with Crippen LogP contribution in [0.1, 0.15) is 71.6 Å². The second kappa shape index (κ2) is 8.53. The lowest BCUT2D eigenvalue weighted by atomic mass is 9.43. The molecule has 0 radical (unpaired) electrons. The summed E-state index contributed by atoms with van der Waals surface area (Å²) in [6.07, 6.45) is 17.9. The molecule has 4 fully saturated rings. The molecule has 0 aromatic rings.